The number of hydrogen-bond donors (Lipinski definition) is 2. The molecule has 0 unspecified atom stereocenters. The van der Waals surface area contributed by atoms with E-state index in [-0.39, 0.29) is 12.5 Å². The Morgan fingerprint density at radius 3 is 2.85 bits per heavy atom. The van der Waals surface area contributed by atoms with E-state index < -0.39 is 5.91 Å². The van der Waals surface area contributed by atoms with Gasteiger partial charge >= 0.3 is 0 Å². The highest BCUT2D eigenvalue weighted by atomic mass is 16.2. The fourth-order valence-electron chi connectivity index (χ4n) is 0.804. The summed E-state index contributed by atoms with van der Waals surface area (Å²) in [6.45, 7) is -0.145. The van der Waals surface area contributed by atoms with Gasteiger partial charge in [0, 0.05) is 5.56 Å². The van der Waals surface area contributed by atoms with E-state index in [4.69, 9.17) is 5.73 Å². The molecule has 0 aliphatic carbocycles. The van der Waals surface area contributed by atoms with Gasteiger partial charge in [0.2, 0.25) is 5.91 Å². The summed E-state index contributed by atoms with van der Waals surface area (Å²) in [4.78, 5) is 21.5. The molecule has 0 bridgehead atoms. The number of carbonyl (C=O) groups is 2. The molecular formula is C9H9N2O2. The number of primary amides is 1. The van der Waals surface area contributed by atoms with Gasteiger partial charge in [-0.25, -0.2) is 0 Å². The van der Waals surface area contributed by atoms with Crippen molar-refractivity contribution in [3.05, 3.63) is 35.9 Å². The summed E-state index contributed by atoms with van der Waals surface area (Å²) in [6.07, 6.45) is 0. The average Bonchev–Trinajstić information content (AvgIpc) is 2.15. The lowest BCUT2D eigenvalue weighted by atomic mass is 10.2. The molecule has 1 rings (SSSR count). The fraction of sp³-hybridized carbons (Fsp3) is 0.111. The molecular weight excluding hydrogens is 168 g/mol. The monoisotopic (exact) mass is 177 g/mol. The highest BCUT2D eigenvalue weighted by Crippen LogP contribution is 1.96. The molecule has 4 heteroatoms. The van der Waals surface area contributed by atoms with Crippen LogP contribution in [0.25, 0.3) is 0 Å². The van der Waals surface area contributed by atoms with E-state index in [1.807, 2.05) is 0 Å². The molecule has 0 atom stereocenters. The minimum absolute atomic E-state index is 0.145. The van der Waals surface area contributed by atoms with E-state index in [0.29, 0.717) is 5.56 Å². The van der Waals surface area contributed by atoms with E-state index in [1.165, 1.54) is 6.07 Å². The molecule has 1 aromatic rings. The van der Waals surface area contributed by atoms with Crippen LogP contribution < -0.4 is 11.1 Å². The quantitative estimate of drug-likeness (QED) is 0.665. The first-order valence-corrected chi connectivity index (χ1v) is 3.73. The Hall–Kier alpha value is -1.84. The van der Waals surface area contributed by atoms with Crippen molar-refractivity contribution in [1.29, 1.82) is 0 Å². The van der Waals surface area contributed by atoms with Crippen molar-refractivity contribution in [1.82, 2.24) is 5.32 Å². The Morgan fingerprint density at radius 1 is 1.54 bits per heavy atom. The molecule has 0 spiro atoms. The number of carbonyl (C=O) groups excluding carboxylic acids is 2. The summed E-state index contributed by atoms with van der Waals surface area (Å²) >= 11 is 0. The first kappa shape index (κ1) is 9.25. The van der Waals surface area contributed by atoms with Crippen LogP contribution >= 0.6 is 0 Å². The van der Waals surface area contributed by atoms with Crippen molar-refractivity contribution in [2.24, 2.45) is 5.73 Å². The summed E-state index contributed by atoms with van der Waals surface area (Å²) in [5.74, 6) is -0.885. The second-order valence-corrected chi connectivity index (χ2v) is 2.44. The van der Waals surface area contributed by atoms with Crippen LogP contribution in [0.15, 0.2) is 24.3 Å². The van der Waals surface area contributed by atoms with Crippen LogP contribution in [0.3, 0.4) is 0 Å². The van der Waals surface area contributed by atoms with Gasteiger partial charge < -0.3 is 11.1 Å². The minimum Gasteiger partial charge on any atom is -0.368 e. The maximum Gasteiger partial charge on any atom is 0.251 e. The van der Waals surface area contributed by atoms with Crippen LogP contribution in [0.2, 0.25) is 0 Å². The molecule has 0 saturated carbocycles. The summed E-state index contributed by atoms with van der Waals surface area (Å²) in [7, 11) is 0. The molecule has 0 aromatic heterocycles. The molecule has 0 aliphatic heterocycles. The van der Waals surface area contributed by atoms with E-state index in [9.17, 15) is 9.59 Å². The van der Waals surface area contributed by atoms with Gasteiger partial charge in [-0.15, -0.1) is 0 Å². The maximum atomic E-state index is 11.2. The number of rotatable bonds is 3. The third-order valence-electron chi connectivity index (χ3n) is 1.39. The lowest BCUT2D eigenvalue weighted by Gasteiger charge is -2.01. The van der Waals surface area contributed by atoms with Gasteiger partial charge in [0.15, 0.2) is 0 Å². The smallest absolute Gasteiger partial charge is 0.251 e. The fourth-order valence-corrected chi connectivity index (χ4v) is 0.804. The predicted molar refractivity (Wildman–Crippen MR) is 46.8 cm³/mol. The molecule has 0 heterocycles. The topological polar surface area (TPSA) is 72.2 Å². The maximum absolute atomic E-state index is 11.2. The number of nitrogens with two attached hydrogens (primary N) is 1. The van der Waals surface area contributed by atoms with E-state index in [1.54, 1.807) is 18.2 Å². The molecule has 13 heavy (non-hydrogen) atoms. The largest absolute Gasteiger partial charge is 0.368 e. The van der Waals surface area contributed by atoms with Gasteiger partial charge in [0.1, 0.15) is 0 Å². The first-order chi connectivity index (χ1) is 6.20. The Balaban J connectivity index is 2.54. The van der Waals surface area contributed by atoms with Crippen molar-refractivity contribution < 1.29 is 9.59 Å². The Kier molecular flexibility index (Phi) is 3.03. The zero-order valence-electron chi connectivity index (χ0n) is 6.91. The van der Waals surface area contributed by atoms with Gasteiger partial charge in [0.05, 0.1) is 6.54 Å². The van der Waals surface area contributed by atoms with Gasteiger partial charge in [-0.2, -0.15) is 0 Å². The van der Waals surface area contributed by atoms with Crippen molar-refractivity contribution in [3.63, 3.8) is 0 Å². The van der Waals surface area contributed by atoms with Crippen LogP contribution in [0.5, 0.6) is 0 Å². The van der Waals surface area contributed by atoms with Crippen molar-refractivity contribution in [2.45, 2.75) is 0 Å². The van der Waals surface area contributed by atoms with Crippen molar-refractivity contribution >= 4 is 11.8 Å². The van der Waals surface area contributed by atoms with E-state index in [2.05, 4.69) is 11.4 Å². The summed E-state index contributed by atoms with van der Waals surface area (Å²) in [5.41, 5.74) is 5.32. The van der Waals surface area contributed by atoms with Crippen molar-refractivity contribution in [3.8, 4) is 0 Å². The van der Waals surface area contributed by atoms with Crippen LogP contribution in [0.4, 0.5) is 0 Å². The summed E-state index contributed by atoms with van der Waals surface area (Å²) < 4.78 is 0. The zero-order chi connectivity index (χ0) is 9.68. The SMILES string of the molecule is NC(=O)CNC(=O)c1c[c]ccc1. The standard InChI is InChI=1S/C9H9N2O2/c10-8(12)6-11-9(13)7-4-2-1-3-5-7/h1-2,4-5H,6H2,(H2,10,12)(H,11,13). The number of hydrogen-bond acceptors (Lipinski definition) is 2. The second-order valence-electron chi connectivity index (χ2n) is 2.44. The lowest BCUT2D eigenvalue weighted by molar-refractivity contribution is -0.117. The molecule has 67 valence electrons. The van der Waals surface area contributed by atoms with Crippen molar-refractivity contribution in [2.75, 3.05) is 6.54 Å². The highest BCUT2D eigenvalue weighted by Gasteiger charge is 2.04. The molecule has 0 saturated heterocycles. The van der Waals surface area contributed by atoms with Crippen LogP contribution in [-0.4, -0.2) is 18.4 Å². The molecule has 3 N–H and O–H groups in total. The third kappa shape index (κ3) is 2.94. The van der Waals surface area contributed by atoms with Crippen LogP contribution in [0.1, 0.15) is 10.4 Å². The van der Waals surface area contributed by atoms with E-state index >= 15 is 0 Å². The minimum atomic E-state index is -0.562. The Morgan fingerprint density at radius 2 is 2.31 bits per heavy atom. The van der Waals surface area contributed by atoms with Crippen LogP contribution in [0, 0.1) is 6.07 Å². The average molecular weight is 177 g/mol. The normalized spacial score (nSPS) is 9.23. The number of amides is 2. The molecule has 0 aliphatic rings. The number of benzene rings is 1. The molecule has 4 nitrogen and oxygen atoms in total. The van der Waals surface area contributed by atoms with Gasteiger partial charge in [-0.3, -0.25) is 9.59 Å². The Labute approximate surface area is 75.7 Å². The number of nitrogens with one attached hydrogen (secondary N) is 1. The van der Waals surface area contributed by atoms with Crippen LogP contribution in [-0.2, 0) is 4.79 Å². The molecule has 0 fully saturated rings. The Bertz CT molecular complexity index is 309. The summed E-state index contributed by atoms with van der Waals surface area (Å²) in [5, 5.41) is 2.36. The second kappa shape index (κ2) is 4.25. The molecule has 1 radical (unpaired) electrons. The lowest BCUT2D eigenvalue weighted by Crippen LogP contribution is -2.33. The molecule has 2 amide bonds. The third-order valence-corrected chi connectivity index (χ3v) is 1.39. The molecule has 1 aromatic carbocycles. The first-order valence-electron chi connectivity index (χ1n) is 3.73. The van der Waals surface area contributed by atoms with Gasteiger partial charge in [-0.1, -0.05) is 12.1 Å². The van der Waals surface area contributed by atoms with Gasteiger partial charge in [0.25, 0.3) is 5.91 Å². The van der Waals surface area contributed by atoms with E-state index in [0.717, 1.165) is 0 Å². The summed E-state index contributed by atoms with van der Waals surface area (Å²) in [6, 6.07) is 9.30. The zero-order valence-corrected chi connectivity index (χ0v) is 6.91. The predicted octanol–water partition coefficient (Wildman–Crippen LogP) is -0.298. The van der Waals surface area contributed by atoms with Gasteiger partial charge in [-0.05, 0) is 18.2 Å². The highest BCUT2D eigenvalue weighted by molar-refractivity contribution is 5.96.